The van der Waals surface area contributed by atoms with Crippen LogP contribution in [-0.2, 0) is 6.42 Å². The van der Waals surface area contributed by atoms with E-state index in [1.54, 1.807) is 5.56 Å². The van der Waals surface area contributed by atoms with Crippen LogP contribution in [0.25, 0.3) is 0 Å². The second kappa shape index (κ2) is 5.86. The van der Waals surface area contributed by atoms with Gasteiger partial charge in [-0.3, -0.25) is 0 Å². The molecule has 0 aromatic heterocycles. The molecule has 0 spiro atoms. The average molecular weight is 276 g/mol. The van der Waals surface area contributed by atoms with Gasteiger partial charge in [0.15, 0.2) is 0 Å². The van der Waals surface area contributed by atoms with Gasteiger partial charge in [-0.25, -0.2) is 0 Å². The van der Waals surface area contributed by atoms with Crippen LogP contribution in [0.3, 0.4) is 0 Å². The number of rotatable bonds is 4. The van der Waals surface area contributed by atoms with Gasteiger partial charge in [0.05, 0.1) is 0 Å². The van der Waals surface area contributed by atoms with Crippen LogP contribution in [0.15, 0.2) is 29.2 Å². The smallest absolute Gasteiger partial charge is 0.0263 e. The minimum atomic E-state index is 0.745. The van der Waals surface area contributed by atoms with Gasteiger partial charge in [-0.15, -0.1) is 11.8 Å². The molecule has 3 heteroatoms. The molecule has 0 bridgehead atoms. The SMILES string of the molecule is CN(CC1Cc2ccccc2S1)CC1CCCN1C. The van der Waals surface area contributed by atoms with Crippen LogP contribution < -0.4 is 0 Å². The third-order valence-electron chi connectivity index (χ3n) is 4.42. The Bertz CT molecular complexity index is 410. The van der Waals surface area contributed by atoms with Gasteiger partial charge in [-0.2, -0.15) is 0 Å². The van der Waals surface area contributed by atoms with E-state index >= 15 is 0 Å². The first-order valence-corrected chi connectivity index (χ1v) is 8.23. The molecule has 0 N–H and O–H groups in total. The predicted octanol–water partition coefficient (Wildman–Crippen LogP) is 2.73. The lowest BCUT2D eigenvalue weighted by Crippen LogP contribution is -2.39. The van der Waals surface area contributed by atoms with Gasteiger partial charge < -0.3 is 9.80 Å². The third-order valence-corrected chi connectivity index (χ3v) is 5.72. The molecule has 2 unspecified atom stereocenters. The largest absolute Gasteiger partial charge is 0.304 e. The lowest BCUT2D eigenvalue weighted by atomic mass is 10.1. The van der Waals surface area contributed by atoms with E-state index in [-0.39, 0.29) is 0 Å². The van der Waals surface area contributed by atoms with Crippen LogP contribution in [0, 0.1) is 0 Å². The molecule has 3 rings (SSSR count). The molecule has 1 saturated heterocycles. The Balaban J connectivity index is 1.50. The van der Waals surface area contributed by atoms with Crippen molar-refractivity contribution in [2.75, 3.05) is 33.7 Å². The van der Waals surface area contributed by atoms with Crippen molar-refractivity contribution in [2.24, 2.45) is 0 Å². The maximum atomic E-state index is 2.54. The van der Waals surface area contributed by atoms with Crippen LogP contribution >= 0.6 is 11.8 Å². The standard InChI is InChI=1S/C16H24N2S/c1-17(11-14-7-5-9-18(14)2)12-15-10-13-6-3-4-8-16(13)19-15/h3-4,6,8,14-15H,5,7,9-12H2,1-2H3. The Morgan fingerprint density at radius 2 is 2.16 bits per heavy atom. The topological polar surface area (TPSA) is 6.48 Å². The van der Waals surface area contributed by atoms with Crippen LogP contribution in [0.5, 0.6) is 0 Å². The number of likely N-dealkylation sites (tertiary alicyclic amines) is 1. The maximum absolute atomic E-state index is 2.54. The van der Waals surface area contributed by atoms with Crippen LogP contribution in [-0.4, -0.2) is 54.8 Å². The molecule has 1 fully saturated rings. The monoisotopic (exact) mass is 276 g/mol. The number of benzene rings is 1. The molecular weight excluding hydrogens is 252 g/mol. The van der Waals surface area contributed by atoms with Gasteiger partial charge in [0, 0.05) is 29.3 Å². The van der Waals surface area contributed by atoms with Crippen molar-refractivity contribution >= 4 is 11.8 Å². The zero-order chi connectivity index (χ0) is 13.2. The van der Waals surface area contributed by atoms with Crippen molar-refractivity contribution < 1.29 is 0 Å². The van der Waals surface area contributed by atoms with E-state index in [4.69, 9.17) is 0 Å². The summed E-state index contributed by atoms with van der Waals surface area (Å²) in [5.74, 6) is 0. The molecule has 104 valence electrons. The van der Waals surface area contributed by atoms with Gasteiger partial charge in [-0.05, 0) is 51.5 Å². The van der Waals surface area contributed by atoms with Crippen molar-refractivity contribution in [2.45, 2.75) is 35.4 Å². The third kappa shape index (κ3) is 3.15. The summed E-state index contributed by atoms with van der Waals surface area (Å²) in [5, 5.41) is 0.745. The molecule has 2 aliphatic heterocycles. The van der Waals surface area contributed by atoms with Crippen LogP contribution in [0.4, 0.5) is 0 Å². The fourth-order valence-corrected chi connectivity index (χ4v) is 4.76. The molecule has 2 atom stereocenters. The summed E-state index contributed by atoms with van der Waals surface area (Å²) >= 11 is 2.07. The number of nitrogens with zero attached hydrogens (tertiary/aromatic N) is 2. The Kier molecular flexibility index (Phi) is 4.15. The van der Waals surface area contributed by atoms with Gasteiger partial charge in [0.2, 0.25) is 0 Å². The summed E-state index contributed by atoms with van der Waals surface area (Å²) in [6, 6.07) is 9.65. The van der Waals surface area contributed by atoms with Gasteiger partial charge >= 0.3 is 0 Å². The minimum Gasteiger partial charge on any atom is -0.304 e. The second-order valence-electron chi connectivity index (χ2n) is 6.05. The maximum Gasteiger partial charge on any atom is 0.0263 e. The summed E-state index contributed by atoms with van der Waals surface area (Å²) in [5.41, 5.74) is 1.55. The Morgan fingerprint density at radius 3 is 2.89 bits per heavy atom. The Labute approximate surface area is 121 Å². The fraction of sp³-hybridized carbons (Fsp3) is 0.625. The first-order chi connectivity index (χ1) is 9.22. The summed E-state index contributed by atoms with van der Waals surface area (Å²) in [6.07, 6.45) is 3.99. The number of hydrogen-bond donors (Lipinski definition) is 0. The first-order valence-electron chi connectivity index (χ1n) is 7.36. The highest BCUT2D eigenvalue weighted by Gasteiger charge is 2.26. The molecule has 0 aliphatic carbocycles. The van der Waals surface area contributed by atoms with Crippen LogP contribution in [0.1, 0.15) is 18.4 Å². The van der Waals surface area contributed by atoms with Crippen molar-refractivity contribution in [3.05, 3.63) is 29.8 Å². The molecular formula is C16H24N2S. The minimum absolute atomic E-state index is 0.745. The highest BCUT2D eigenvalue weighted by molar-refractivity contribution is 8.00. The van der Waals surface area contributed by atoms with E-state index in [0.717, 1.165) is 11.3 Å². The Hall–Kier alpha value is -0.510. The van der Waals surface area contributed by atoms with E-state index in [0.29, 0.717) is 0 Å². The first kappa shape index (κ1) is 13.5. The lowest BCUT2D eigenvalue weighted by molar-refractivity contribution is 0.221. The van der Waals surface area contributed by atoms with Gasteiger partial charge in [-0.1, -0.05) is 18.2 Å². The predicted molar refractivity (Wildman–Crippen MR) is 82.9 cm³/mol. The molecule has 0 radical (unpaired) electrons. The van der Waals surface area contributed by atoms with E-state index in [9.17, 15) is 0 Å². The van der Waals surface area contributed by atoms with Crippen molar-refractivity contribution in [3.8, 4) is 0 Å². The number of hydrogen-bond acceptors (Lipinski definition) is 3. The summed E-state index contributed by atoms with van der Waals surface area (Å²) in [4.78, 5) is 6.56. The highest BCUT2D eigenvalue weighted by Crippen LogP contribution is 2.37. The van der Waals surface area contributed by atoms with Crippen LogP contribution in [0.2, 0.25) is 0 Å². The summed E-state index contributed by atoms with van der Waals surface area (Å²) in [6.45, 7) is 3.72. The van der Waals surface area contributed by atoms with E-state index < -0.39 is 0 Å². The molecule has 0 amide bonds. The second-order valence-corrected chi connectivity index (χ2v) is 7.39. The van der Waals surface area contributed by atoms with Gasteiger partial charge in [0.25, 0.3) is 0 Å². The van der Waals surface area contributed by atoms with E-state index in [1.165, 1.54) is 43.8 Å². The number of thioether (sulfide) groups is 1. The number of fused-ring (bicyclic) bond motifs is 1. The molecule has 2 heterocycles. The number of likely N-dealkylation sites (N-methyl/N-ethyl adjacent to an activating group) is 2. The van der Waals surface area contributed by atoms with E-state index in [1.807, 2.05) is 0 Å². The molecule has 1 aromatic carbocycles. The zero-order valence-corrected chi connectivity index (χ0v) is 12.8. The van der Waals surface area contributed by atoms with E-state index in [2.05, 4.69) is 59.9 Å². The molecule has 19 heavy (non-hydrogen) atoms. The highest BCUT2D eigenvalue weighted by atomic mass is 32.2. The van der Waals surface area contributed by atoms with Crippen molar-refractivity contribution in [1.82, 2.24) is 9.80 Å². The quantitative estimate of drug-likeness (QED) is 0.835. The molecule has 1 aromatic rings. The molecule has 0 saturated carbocycles. The molecule has 2 nitrogen and oxygen atoms in total. The molecule has 2 aliphatic rings. The summed E-state index contributed by atoms with van der Waals surface area (Å²) < 4.78 is 0. The zero-order valence-electron chi connectivity index (χ0n) is 12.0. The van der Waals surface area contributed by atoms with Gasteiger partial charge in [0.1, 0.15) is 0 Å². The van der Waals surface area contributed by atoms with Crippen molar-refractivity contribution in [1.29, 1.82) is 0 Å². The lowest BCUT2D eigenvalue weighted by Gasteiger charge is -2.27. The Morgan fingerprint density at radius 1 is 1.32 bits per heavy atom. The normalized spacial score (nSPS) is 27.1. The fourth-order valence-electron chi connectivity index (χ4n) is 3.35. The average Bonchev–Trinajstić information content (AvgIpc) is 2.95. The van der Waals surface area contributed by atoms with Crippen molar-refractivity contribution in [3.63, 3.8) is 0 Å². The summed E-state index contributed by atoms with van der Waals surface area (Å²) in [7, 11) is 4.56.